The molecule has 7 heteroatoms. The lowest BCUT2D eigenvalue weighted by Crippen LogP contribution is -2.73. The second-order valence-electron chi connectivity index (χ2n) is 14.2. The number of carbonyl (C=O) groups excluding carboxylic acids is 1. The molecule has 6 nitrogen and oxygen atoms in total. The van der Waals surface area contributed by atoms with E-state index in [-0.39, 0.29) is 28.7 Å². The van der Waals surface area contributed by atoms with Gasteiger partial charge in [0.15, 0.2) is 0 Å². The van der Waals surface area contributed by atoms with Crippen LogP contribution in [0.4, 0.5) is 5.69 Å². The summed E-state index contributed by atoms with van der Waals surface area (Å²) < 4.78 is 36.0. The third-order valence-corrected chi connectivity index (χ3v) is 13.9. The van der Waals surface area contributed by atoms with Gasteiger partial charge in [-0.15, -0.1) is 0 Å². The average Bonchev–Trinajstić information content (AvgIpc) is 3.00. The molecule has 3 aromatic rings. The van der Waals surface area contributed by atoms with E-state index in [0.29, 0.717) is 35.4 Å². The Morgan fingerprint density at radius 1 is 0.907 bits per heavy atom. The first-order valence-electron chi connectivity index (χ1n) is 15.7. The predicted molar refractivity (Wildman–Crippen MR) is 164 cm³/mol. The van der Waals surface area contributed by atoms with Crippen molar-refractivity contribution in [3.8, 4) is 0 Å². The minimum atomic E-state index is -4.07. The fourth-order valence-electron chi connectivity index (χ4n) is 11.0. The van der Waals surface area contributed by atoms with Crippen LogP contribution in [0.5, 0.6) is 0 Å². The number of aliphatic hydroxyl groups is 1. The van der Waals surface area contributed by atoms with E-state index in [9.17, 15) is 18.3 Å². The van der Waals surface area contributed by atoms with E-state index < -0.39 is 27.0 Å². The van der Waals surface area contributed by atoms with Crippen LogP contribution in [0.25, 0.3) is 0 Å². The molecule has 1 N–H and O–H groups in total. The smallest absolute Gasteiger partial charge is 0.317 e. The molecule has 5 saturated carbocycles. The Labute approximate surface area is 254 Å². The predicted octanol–water partition coefficient (Wildman–Crippen LogP) is 6.18. The van der Waals surface area contributed by atoms with Crippen LogP contribution in [0.3, 0.4) is 0 Å². The van der Waals surface area contributed by atoms with Gasteiger partial charge in [-0.25, -0.2) is 8.42 Å². The van der Waals surface area contributed by atoms with E-state index in [1.807, 2.05) is 43.3 Å². The Morgan fingerprint density at radius 3 is 2.23 bits per heavy atom. The van der Waals surface area contributed by atoms with Gasteiger partial charge in [-0.1, -0.05) is 66.2 Å². The Hall–Kier alpha value is -3.16. The van der Waals surface area contributed by atoms with Crippen LogP contribution in [0.2, 0.25) is 0 Å². The first-order valence-corrected chi connectivity index (χ1v) is 17.1. The molecular formula is C36H39NO5S. The standard InChI is InChI=1S/C36H39NO5S/c1-23-12-14-28(15-13-23)43(40,41)37-22-35(33(38)42-2)21-34-19-24-16-25(20-34)18-27(17-24)31(34)32(26-8-4-3-5-9-26)36(35,39)29-10-6-7-11-30(29)37/h3-15,24-25,27,31-32,39H,16-22H2,1-2H3/t24?,25?,27?,31?,32-,34?,35-,36-/m1/s1. The average molecular weight is 598 g/mol. The van der Waals surface area contributed by atoms with Gasteiger partial charge in [0.2, 0.25) is 0 Å². The molecule has 0 aromatic heterocycles. The summed E-state index contributed by atoms with van der Waals surface area (Å²) in [4.78, 5) is 14.7. The molecule has 224 valence electrons. The van der Waals surface area contributed by atoms with Crippen LogP contribution in [-0.4, -0.2) is 33.1 Å². The Balaban J connectivity index is 1.42. The fourth-order valence-corrected chi connectivity index (χ4v) is 12.6. The molecule has 9 rings (SSSR count). The lowest BCUT2D eigenvalue weighted by Gasteiger charge is -2.72. The SMILES string of the molecule is COC(=O)[C@@]12CN(S(=O)(=O)c3ccc(C)cc3)c3ccccc3[C@@]1(O)[C@H](c1ccccc1)C1C3CC4CC(C3)CC1(C4)C2. The molecule has 6 aliphatic rings. The number of anilines is 1. The van der Waals surface area contributed by atoms with E-state index in [2.05, 4.69) is 12.1 Å². The maximum atomic E-state index is 14.5. The number of benzene rings is 3. The molecule has 0 radical (unpaired) electrons. The van der Waals surface area contributed by atoms with Crippen molar-refractivity contribution in [3.05, 3.63) is 95.6 Å². The van der Waals surface area contributed by atoms with Crippen molar-refractivity contribution in [2.75, 3.05) is 18.0 Å². The quantitative estimate of drug-likeness (QED) is 0.363. The second-order valence-corrected chi connectivity index (χ2v) is 16.1. The van der Waals surface area contributed by atoms with Crippen molar-refractivity contribution >= 4 is 21.7 Å². The topological polar surface area (TPSA) is 83.9 Å². The molecule has 3 unspecified atom stereocenters. The summed E-state index contributed by atoms with van der Waals surface area (Å²) in [5.74, 6) is 1.00. The highest BCUT2D eigenvalue weighted by Crippen LogP contribution is 2.77. The van der Waals surface area contributed by atoms with Gasteiger partial charge in [0.25, 0.3) is 10.0 Å². The number of esters is 1. The van der Waals surface area contributed by atoms with E-state index >= 15 is 0 Å². The molecule has 0 amide bonds. The lowest BCUT2D eigenvalue weighted by molar-refractivity contribution is -0.254. The number of rotatable bonds is 4. The molecule has 0 saturated heterocycles. The summed E-state index contributed by atoms with van der Waals surface area (Å²) in [5, 5.41) is 13.6. The third-order valence-electron chi connectivity index (χ3n) is 12.1. The normalized spacial score (nSPS) is 37.3. The minimum absolute atomic E-state index is 0.165. The van der Waals surface area contributed by atoms with Crippen molar-refractivity contribution in [2.45, 2.75) is 61.9 Å². The molecule has 1 aliphatic heterocycles. The summed E-state index contributed by atoms with van der Waals surface area (Å²) in [7, 11) is -2.70. The van der Waals surface area contributed by atoms with Gasteiger partial charge in [0, 0.05) is 11.5 Å². The van der Waals surface area contributed by atoms with E-state index in [4.69, 9.17) is 4.74 Å². The molecule has 1 heterocycles. The number of ether oxygens (including phenoxy) is 1. The highest BCUT2D eigenvalue weighted by Gasteiger charge is 2.76. The van der Waals surface area contributed by atoms with Gasteiger partial charge in [-0.3, -0.25) is 9.10 Å². The summed E-state index contributed by atoms with van der Waals surface area (Å²) in [5.41, 5.74) is -0.408. The van der Waals surface area contributed by atoms with Gasteiger partial charge in [0.1, 0.15) is 11.0 Å². The van der Waals surface area contributed by atoms with Crippen molar-refractivity contribution in [3.63, 3.8) is 0 Å². The highest BCUT2D eigenvalue weighted by molar-refractivity contribution is 7.92. The van der Waals surface area contributed by atoms with E-state index in [0.717, 1.165) is 24.0 Å². The first kappa shape index (κ1) is 27.4. The number of para-hydroxylation sites is 1. The van der Waals surface area contributed by atoms with Gasteiger partial charge >= 0.3 is 5.97 Å². The Morgan fingerprint density at radius 2 is 1.56 bits per heavy atom. The van der Waals surface area contributed by atoms with Crippen LogP contribution in [-0.2, 0) is 25.2 Å². The molecule has 3 aromatic carbocycles. The van der Waals surface area contributed by atoms with Crippen molar-refractivity contribution < 1.29 is 23.1 Å². The zero-order valence-electron chi connectivity index (χ0n) is 24.8. The summed E-state index contributed by atoms with van der Waals surface area (Å²) in [6, 6.07) is 24.3. The van der Waals surface area contributed by atoms with Gasteiger partial charge in [-0.05, 0) is 98.3 Å². The molecule has 6 atom stereocenters. The number of methoxy groups -OCH3 is 1. The number of nitrogens with zero attached hydrogens (tertiary/aromatic N) is 1. The number of hydrogen-bond acceptors (Lipinski definition) is 5. The van der Waals surface area contributed by atoms with Crippen molar-refractivity contribution in [1.29, 1.82) is 0 Å². The largest absolute Gasteiger partial charge is 0.468 e. The number of carbonyl (C=O) groups is 1. The van der Waals surface area contributed by atoms with Crippen LogP contribution in [0.15, 0.2) is 83.8 Å². The van der Waals surface area contributed by atoms with Crippen molar-refractivity contribution in [1.82, 2.24) is 0 Å². The van der Waals surface area contributed by atoms with E-state index in [1.54, 1.807) is 30.3 Å². The molecular weight excluding hydrogens is 558 g/mol. The first-order chi connectivity index (χ1) is 20.6. The fraction of sp³-hybridized carbons (Fsp3) is 0.472. The maximum absolute atomic E-state index is 14.5. The minimum Gasteiger partial charge on any atom is -0.468 e. The molecule has 5 aliphatic carbocycles. The highest BCUT2D eigenvalue weighted by atomic mass is 32.2. The van der Waals surface area contributed by atoms with Gasteiger partial charge in [-0.2, -0.15) is 0 Å². The molecule has 5 fully saturated rings. The molecule has 1 spiro atoms. The Kier molecular flexibility index (Phi) is 5.85. The number of aryl methyl sites for hydroxylation is 1. The molecule has 4 bridgehead atoms. The summed E-state index contributed by atoms with van der Waals surface area (Å²) in [6.07, 6.45) is 6.05. The second kappa shape index (κ2) is 9.18. The summed E-state index contributed by atoms with van der Waals surface area (Å²) >= 11 is 0. The number of sulfonamides is 1. The van der Waals surface area contributed by atoms with Crippen LogP contribution < -0.4 is 4.31 Å². The van der Waals surface area contributed by atoms with Crippen LogP contribution in [0.1, 0.15) is 61.1 Å². The van der Waals surface area contributed by atoms with Crippen LogP contribution >= 0.6 is 0 Å². The number of hydrogen-bond donors (Lipinski definition) is 1. The zero-order valence-corrected chi connectivity index (χ0v) is 25.6. The van der Waals surface area contributed by atoms with Crippen LogP contribution in [0, 0.1) is 41.4 Å². The third kappa shape index (κ3) is 3.55. The lowest BCUT2D eigenvalue weighted by atomic mass is 9.33. The van der Waals surface area contributed by atoms with Gasteiger partial charge < -0.3 is 9.84 Å². The van der Waals surface area contributed by atoms with Crippen molar-refractivity contribution in [2.24, 2.45) is 34.5 Å². The van der Waals surface area contributed by atoms with E-state index in [1.165, 1.54) is 30.7 Å². The number of fused-ring (bicyclic) bond motifs is 3. The zero-order chi connectivity index (χ0) is 29.8. The Bertz CT molecular complexity index is 1690. The maximum Gasteiger partial charge on any atom is 0.317 e. The van der Waals surface area contributed by atoms with Gasteiger partial charge in [0.05, 0.1) is 24.2 Å². The summed E-state index contributed by atoms with van der Waals surface area (Å²) in [6.45, 7) is 1.76. The molecule has 43 heavy (non-hydrogen) atoms. The monoisotopic (exact) mass is 597 g/mol.